The van der Waals surface area contributed by atoms with Crippen molar-refractivity contribution in [1.29, 1.82) is 0 Å². The quantitative estimate of drug-likeness (QED) is 0.277. The van der Waals surface area contributed by atoms with Crippen LogP contribution in [0.25, 0.3) is 0 Å². The molecule has 0 spiro atoms. The Morgan fingerprint density at radius 3 is 1.32 bits per heavy atom. The summed E-state index contributed by atoms with van der Waals surface area (Å²) in [6.07, 6.45) is 0. The monoisotopic (exact) mass is 552 g/mol. The molecule has 0 aromatic heterocycles. The highest BCUT2D eigenvalue weighted by molar-refractivity contribution is 7.87. The van der Waals surface area contributed by atoms with Crippen LogP contribution in [0.3, 0.4) is 0 Å². The fourth-order valence-corrected chi connectivity index (χ4v) is 5.43. The Kier molecular flexibility index (Phi) is 7.70. The second-order valence-corrected chi connectivity index (χ2v) is 11.4. The van der Waals surface area contributed by atoms with Crippen LogP contribution in [-0.4, -0.2) is 22.9 Å². The number of rotatable bonds is 8. The summed E-state index contributed by atoms with van der Waals surface area (Å²) in [7, 11) is -8.12. The van der Waals surface area contributed by atoms with Crippen LogP contribution in [0.4, 0.5) is 16.2 Å². The molecule has 11 heteroatoms. The maximum atomic E-state index is 12.7. The van der Waals surface area contributed by atoms with E-state index < -0.39 is 26.3 Å². The zero-order valence-corrected chi connectivity index (χ0v) is 22.0. The van der Waals surface area contributed by atoms with E-state index in [9.17, 15) is 21.6 Å². The molecule has 2 N–H and O–H groups in total. The molecule has 0 aliphatic carbocycles. The van der Waals surface area contributed by atoms with Gasteiger partial charge < -0.3 is 19.0 Å². The minimum absolute atomic E-state index is 0.000470. The number of benzene rings is 4. The third-order valence-corrected chi connectivity index (χ3v) is 7.62. The topological polar surface area (TPSA) is 128 Å². The second kappa shape index (κ2) is 11.0. The fourth-order valence-electron chi connectivity index (χ4n) is 3.55. The molecule has 0 aliphatic heterocycles. The number of amides is 2. The van der Waals surface area contributed by atoms with E-state index in [1.54, 1.807) is 62.4 Å². The van der Waals surface area contributed by atoms with Gasteiger partial charge in [-0.05, 0) is 73.5 Å². The minimum Gasteiger partial charge on any atom is -0.379 e. The highest BCUT2D eigenvalue weighted by Crippen LogP contribution is 2.26. The summed E-state index contributed by atoms with van der Waals surface area (Å²) in [5.74, 6) is 0.0584. The second-order valence-electron chi connectivity index (χ2n) is 8.35. The molecule has 4 aromatic rings. The summed E-state index contributed by atoms with van der Waals surface area (Å²) in [6, 6.07) is 23.9. The number of urea groups is 1. The average Bonchev–Trinajstić information content (AvgIpc) is 2.83. The summed E-state index contributed by atoms with van der Waals surface area (Å²) in [5, 5.41) is 5.25. The summed E-state index contributed by atoms with van der Waals surface area (Å²) >= 11 is 0. The van der Waals surface area contributed by atoms with Crippen molar-refractivity contribution in [2.75, 3.05) is 10.6 Å². The molecule has 0 radical (unpaired) electrons. The summed E-state index contributed by atoms with van der Waals surface area (Å²) < 4.78 is 60.8. The highest BCUT2D eigenvalue weighted by atomic mass is 32.2. The first-order valence-electron chi connectivity index (χ1n) is 11.3. The molecule has 0 heterocycles. The Morgan fingerprint density at radius 1 is 0.579 bits per heavy atom. The molecule has 2 amide bonds. The number of hydrogen-bond donors (Lipinski definition) is 2. The standard InChI is InChI=1S/C27H24N2O7S2/c1-19-13-21(17-23(15-19)35-37(31,32)25-9-5-3-6-10-25)28-27(30)29-22-14-20(2)16-24(18-22)36-38(33,34)26-11-7-4-8-12-26/h3-18H,1-2H3,(H2,28,29,30). The third kappa shape index (κ3) is 6.90. The van der Waals surface area contributed by atoms with Gasteiger partial charge in [0.15, 0.2) is 0 Å². The first-order valence-corrected chi connectivity index (χ1v) is 14.1. The minimum atomic E-state index is -4.06. The maximum absolute atomic E-state index is 12.7. The van der Waals surface area contributed by atoms with Gasteiger partial charge in [-0.25, -0.2) is 4.79 Å². The smallest absolute Gasteiger partial charge is 0.339 e. The van der Waals surface area contributed by atoms with Gasteiger partial charge in [-0.15, -0.1) is 0 Å². The van der Waals surface area contributed by atoms with Crippen LogP contribution in [0, 0.1) is 13.8 Å². The number of nitrogens with one attached hydrogen (secondary N) is 2. The molecule has 4 rings (SSSR count). The Morgan fingerprint density at radius 2 is 0.947 bits per heavy atom. The number of carbonyl (C=O) groups excluding carboxylic acids is 1. The van der Waals surface area contributed by atoms with E-state index in [1.807, 2.05) is 0 Å². The van der Waals surface area contributed by atoms with Crippen molar-refractivity contribution in [3.8, 4) is 11.5 Å². The van der Waals surface area contributed by atoms with E-state index in [0.29, 0.717) is 11.1 Å². The first kappa shape index (κ1) is 26.7. The fraction of sp³-hybridized carbons (Fsp3) is 0.0741. The zero-order chi connectivity index (χ0) is 27.3. The predicted octanol–water partition coefficient (Wildman–Crippen LogP) is 5.48. The van der Waals surface area contributed by atoms with Gasteiger partial charge in [0.25, 0.3) is 0 Å². The van der Waals surface area contributed by atoms with Gasteiger partial charge in [-0.2, -0.15) is 16.8 Å². The lowest BCUT2D eigenvalue weighted by atomic mass is 10.2. The first-order chi connectivity index (χ1) is 18.0. The van der Waals surface area contributed by atoms with E-state index in [1.165, 1.54) is 48.5 Å². The average molecular weight is 553 g/mol. The van der Waals surface area contributed by atoms with E-state index in [2.05, 4.69) is 10.6 Å². The number of aryl methyl sites for hydroxylation is 2. The van der Waals surface area contributed by atoms with E-state index in [4.69, 9.17) is 8.37 Å². The molecule has 0 unspecified atom stereocenters. The zero-order valence-electron chi connectivity index (χ0n) is 20.4. The van der Waals surface area contributed by atoms with Gasteiger partial charge in [0.1, 0.15) is 21.3 Å². The molecular weight excluding hydrogens is 528 g/mol. The lowest BCUT2D eigenvalue weighted by Crippen LogP contribution is -2.20. The van der Waals surface area contributed by atoms with Crippen LogP contribution < -0.4 is 19.0 Å². The predicted molar refractivity (Wildman–Crippen MR) is 144 cm³/mol. The van der Waals surface area contributed by atoms with Crippen LogP contribution in [0.1, 0.15) is 11.1 Å². The van der Waals surface area contributed by atoms with Crippen LogP contribution in [0.15, 0.2) is 107 Å². The molecule has 9 nitrogen and oxygen atoms in total. The van der Waals surface area contributed by atoms with Crippen molar-refractivity contribution in [3.63, 3.8) is 0 Å². The largest absolute Gasteiger partial charge is 0.379 e. The lowest BCUT2D eigenvalue weighted by Gasteiger charge is -2.13. The molecule has 0 aliphatic rings. The van der Waals surface area contributed by atoms with E-state index >= 15 is 0 Å². The molecular formula is C27H24N2O7S2. The van der Waals surface area contributed by atoms with Gasteiger partial charge in [-0.1, -0.05) is 36.4 Å². The molecule has 0 saturated heterocycles. The molecule has 0 bridgehead atoms. The Bertz CT molecular complexity index is 1550. The van der Waals surface area contributed by atoms with Crippen molar-refractivity contribution in [1.82, 2.24) is 0 Å². The highest BCUT2D eigenvalue weighted by Gasteiger charge is 2.18. The van der Waals surface area contributed by atoms with Gasteiger partial charge in [0, 0.05) is 23.5 Å². The van der Waals surface area contributed by atoms with Gasteiger partial charge in [0.05, 0.1) is 0 Å². The molecule has 0 fully saturated rings. The van der Waals surface area contributed by atoms with Crippen LogP contribution in [-0.2, 0) is 20.2 Å². The van der Waals surface area contributed by atoms with Crippen molar-refractivity contribution >= 4 is 37.6 Å². The Labute approximate surface area is 221 Å². The molecule has 196 valence electrons. The van der Waals surface area contributed by atoms with Gasteiger partial charge >= 0.3 is 26.3 Å². The number of carbonyl (C=O) groups is 1. The van der Waals surface area contributed by atoms with Crippen LogP contribution in [0.2, 0.25) is 0 Å². The van der Waals surface area contributed by atoms with Gasteiger partial charge in [-0.3, -0.25) is 0 Å². The van der Waals surface area contributed by atoms with Crippen molar-refractivity contribution in [2.45, 2.75) is 23.6 Å². The Hall–Kier alpha value is -4.35. The van der Waals surface area contributed by atoms with Crippen LogP contribution >= 0.6 is 0 Å². The molecule has 4 aromatic carbocycles. The summed E-state index contributed by atoms with van der Waals surface area (Å²) in [5.41, 5.74) is 1.88. The normalized spacial score (nSPS) is 11.4. The molecule has 0 atom stereocenters. The third-order valence-electron chi connectivity index (χ3n) is 5.09. The molecule has 38 heavy (non-hydrogen) atoms. The summed E-state index contributed by atoms with van der Waals surface area (Å²) in [6.45, 7) is 3.45. The van der Waals surface area contributed by atoms with Gasteiger partial charge in [0.2, 0.25) is 0 Å². The van der Waals surface area contributed by atoms with Crippen molar-refractivity contribution in [2.24, 2.45) is 0 Å². The van der Waals surface area contributed by atoms with E-state index in [-0.39, 0.29) is 32.7 Å². The molecule has 0 saturated carbocycles. The van der Waals surface area contributed by atoms with Crippen molar-refractivity contribution in [3.05, 3.63) is 108 Å². The van der Waals surface area contributed by atoms with Crippen LogP contribution in [0.5, 0.6) is 11.5 Å². The van der Waals surface area contributed by atoms with E-state index in [0.717, 1.165) is 0 Å². The number of anilines is 2. The Balaban J connectivity index is 1.47. The lowest BCUT2D eigenvalue weighted by molar-refractivity contribution is 0.262. The maximum Gasteiger partial charge on any atom is 0.339 e. The summed E-state index contributed by atoms with van der Waals surface area (Å²) in [4.78, 5) is 12.7. The van der Waals surface area contributed by atoms with Crippen molar-refractivity contribution < 1.29 is 30.0 Å². The SMILES string of the molecule is Cc1cc(NC(=O)Nc2cc(C)cc(OS(=O)(=O)c3ccccc3)c2)cc(OS(=O)(=O)c2ccccc2)c1. The number of hydrogen-bond acceptors (Lipinski definition) is 7.